The first-order chi connectivity index (χ1) is 10.6. The van der Waals surface area contributed by atoms with Crippen LogP contribution >= 0.6 is 0 Å². The van der Waals surface area contributed by atoms with E-state index in [1.54, 1.807) is 0 Å². The van der Waals surface area contributed by atoms with E-state index in [2.05, 4.69) is 27.2 Å². The Morgan fingerprint density at radius 3 is 2.82 bits per heavy atom. The number of hydrogen-bond donors (Lipinski definition) is 2. The van der Waals surface area contributed by atoms with Crippen LogP contribution in [-0.4, -0.2) is 51.5 Å². The highest BCUT2D eigenvalue weighted by Crippen LogP contribution is 2.23. The van der Waals surface area contributed by atoms with E-state index < -0.39 is 5.56 Å². The van der Waals surface area contributed by atoms with E-state index in [1.165, 1.54) is 12.4 Å². The quantitative estimate of drug-likeness (QED) is 0.826. The number of nitrogens with one attached hydrogen (secondary N) is 1. The lowest BCUT2D eigenvalue weighted by Crippen LogP contribution is -2.33. The number of rotatable bonds is 3. The van der Waals surface area contributed by atoms with E-state index in [-0.39, 0.29) is 5.65 Å². The SMILES string of the molecule is Cc1ncnc2c1c(NCC1CCN(C)CC1)cc(=O)n2O. The number of likely N-dealkylation sites (tertiary alicyclic amines) is 1. The van der Waals surface area contributed by atoms with E-state index in [1.807, 2.05) is 6.92 Å². The molecule has 0 spiro atoms. The minimum Gasteiger partial charge on any atom is -0.423 e. The lowest BCUT2D eigenvalue weighted by atomic mass is 9.97. The summed E-state index contributed by atoms with van der Waals surface area (Å²) in [5.41, 5.74) is 1.18. The Balaban J connectivity index is 1.87. The molecule has 118 valence electrons. The standard InChI is InChI=1S/C15H21N5O2/c1-10-14-12(16-8-11-3-5-19(2)6-4-11)7-13(21)20(22)15(14)18-9-17-10/h7,9,11,16,22H,3-6,8H2,1-2H3. The van der Waals surface area contributed by atoms with Gasteiger partial charge in [-0.2, -0.15) is 0 Å². The van der Waals surface area contributed by atoms with E-state index >= 15 is 0 Å². The summed E-state index contributed by atoms with van der Waals surface area (Å²) in [4.78, 5) is 22.4. The Morgan fingerprint density at radius 2 is 2.09 bits per heavy atom. The van der Waals surface area contributed by atoms with Crippen molar-refractivity contribution in [3.8, 4) is 0 Å². The fraction of sp³-hybridized carbons (Fsp3) is 0.533. The van der Waals surface area contributed by atoms with Gasteiger partial charge in [0.1, 0.15) is 6.33 Å². The molecule has 7 heteroatoms. The maximum atomic E-state index is 11.9. The molecule has 1 aliphatic rings. The summed E-state index contributed by atoms with van der Waals surface area (Å²) in [7, 11) is 2.14. The molecule has 0 aromatic carbocycles. The van der Waals surface area contributed by atoms with Crippen molar-refractivity contribution in [2.45, 2.75) is 19.8 Å². The van der Waals surface area contributed by atoms with E-state index in [0.29, 0.717) is 21.7 Å². The van der Waals surface area contributed by atoms with Crippen molar-refractivity contribution in [3.05, 3.63) is 28.4 Å². The van der Waals surface area contributed by atoms with Crippen molar-refractivity contribution in [1.29, 1.82) is 0 Å². The fourth-order valence-electron chi connectivity index (χ4n) is 2.96. The molecule has 2 aromatic heterocycles. The van der Waals surface area contributed by atoms with Crippen molar-refractivity contribution < 1.29 is 5.21 Å². The van der Waals surface area contributed by atoms with Crippen LogP contribution in [0.25, 0.3) is 11.0 Å². The van der Waals surface area contributed by atoms with Crippen molar-refractivity contribution in [2.24, 2.45) is 5.92 Å². The van der Waals surface area contributed by atoms with Gasteiger partial charge in [0.15, 0.2) is 5.65 Å². The molecular formula is C15H21N5O2. The second-order valence-electron chi connectivity index (χ2n) is 5.99. The van der Waals surface area contributed by atoms with Gasteiger partial charge < -0.3 is 15.4 Å². The molecule has 1 saturated heterocycles. The van der Waals surface area contributed by atoms with Crippen LogP contribution in [0.4, 0.5) is 5.69 Å². The van der Waals surface area contributed by atoms with Gasteiger partial charge in [-0.1, -0.05) is 0 Å². The average Bonchev–Trinajstić information content (AvgIpc) is 2.51. The molecule has 0 saturated carbocycles. The molecule has 0 aliphatic carbocycles. The Morgan fingerprint density at radius 1 is 1.36 bits per heavy atom. The zero-order valence-electron chi connectivity index (χ0n) is 12.9. The van der Waals surface area contributed by atoms with Crippen LogP contribution in [0.1, 0.15) is 18.5 Å². The van der Waals surface area contributed by atoms with Crippen molar-refractivity contribution in [2.75, 3.05) is 32.0 Å². The van der Waals surface area contributed by atoms with Crippen LogP contribution < -0.4 is 10.9 Å². The molecule has 1 aliphatic heterocycles. The van der Waals surface area contributed by atoms with Gasteiger partial charge in [-0.05, 0) is 45.8 Å². The Kier molecular flexibility index (Phi) is 3.98. The van der Waals surface area contributed by atoms with Crippen LogP contribution in [0.5, 0.6) is 0 Å². The predicted molar refractivity (Wildman–Crippen MR) is 84.4 cm³/mol. The summed E-state index contributed by atoms with van der Waals surface area (Å²) < 4.78 is 0.574. The van der Waals surface area contributed by atoms with Gasteiger partial charge in [-0.25, -0.2) is 9.97 Å². The molecule has 0 radical (unpaired) electrons. The van der Waals surface area contributed by atoms with Gasteiger partial charge in [0, 0.05) is 12.6 Å². The van der Waals surface area contributed by atoms with Crippen LogP contribution in [0.15, 0.2) is 17.2 Å². The molecule has 0 atom stereocenters. The van der Waals surface area contributed by atoms with Gasteiger partial charge in [-0.3, -0.25) is 4.79 Å². The number of nitrogens with zero attached hydrogens (tertiary/aromatic N) is 4. The van der Waals surface area contributed by atoms with Crippen LogP contribution in [0.3, 0.4) is 0 Å². The number of aryl methyl sites for hydroxylation is 1. The first kappa shape index (κ1) is 14.8. The van der Waals surface area contributed by atoms with E-state index in [4.69, 9.17) is 0 Å². The summed E-state index contributed by atoms with van der Waals surface area (Å²) in [5, 5.41) is 13.9. The van der Waals surface area contributed by atoms with Crippen LogP contribution in [0.2, 0.25) is 0 Å². The number of fused-ring (bicyclic) bond motifs is 1. The molecule has 22 heavy (non-hydrogen) atoms. The number of aromatic nitrogens is 3. The molecule has 0 bridgehead atoms. The molecule has 2 N–H and O–H groups in total. The van der Waals surface area contributed by atoms with Gasteiger partial charge in [-0.15, -0.1) is 4.73 Å². The second-order valence-corrected chi connectivity index (χ2v) is 5.99. The van der Waals surface area contributed by atoms with Crippen LogP contribution in [0, 0.1) is 12.8 Å². The largest absolute Gasteiger partial charge is 0.423 e. The highest BCUT2D eigenvalue weighted by atomic mass is 16.5. The third-order valence-corrected chi connectivity index (χ3v) is 4.38. The number of pyridine rings is 1. The van der Waals surface area contributed by atoms with Crippen molar-refractivity contribution in [1.82, 2.24) is 19.6 Å². The van der Waals surface area contributed by atoms with E-state index in [9.17, 15) is 10.0 Å². The summed E-state index contributed by atoms with van der Waals surface area (Å²) in [6, 6.07) is 1.41. The molecule has 0 unspecified atom stereocenters. The number of anilines is 1. The van der Waals surface area contributed by atoms with Crippen molar-refractivity contribution >= 4 is 16.7 Å². The normalized spacial score (nSPS) is 17.0. The predicted octanol–water partition coefficient (Wildman–Crippen LogP) is 1.09. The highest BCUT2D eigenvalue weighted by Gasteiger charge is 2.18. The zero-order chi connectivity index (χ0) is 15.7. The van der Waals surface area contributed by atoms with Crippen molar-refractivity contribution in [3.63, 3.8) is 0 Å². The molecule has 0 amide bonds. The first-order valence-corrected chi connectivity index (χ1v) is 7.55. The molecule has 2 aromatic rings. The number of hydrogen-bond acceptors (Lipinski definition) is 6. The summed E-state index contributed by atoms with van der Waals surface area (Å²) in [6.07, 6.45) is 3.65. The van der Waals surface area contributed by atoms with Crippen LogP contribution in [-0.2, 0) is 0 Å². The Labute approximate surface area is 128 Å². The maximum absolute atomic E-state index is 11.9. The summed E-state index contributed by atoms with van der Waals surface area (Å²) >= 11 is 0. The third kappa shape index (κ3) is 2.76. The number of piperidine rings is 1. The minimum absolute atomic E-state index is 0.242. The molecule has 1 fully saturated rings. The Hall–Kier alpha value is -2.15. The topological polar surface area (TPSA) is 83.3 Å². The van der Waals surface area contributed by atoms with Gasteiger partial charge in [0.05, 0.1) is 16.8 Å². The summed E-state index contributed by atoms with van der Waals surface area (Å²) in [5.74, 6) is 0.591. The first-order valence-electron chi connectivity index (χ1n) is 7.55. The summed E-state index contributed by atoms with van der Waals surface area (Å²) in [6.45, 7) is 4.86. The lowest BCUT2D eigenvalue weighted by molar-refractivity contribution is 0.186. The smallest absolute Gasteiger partial charge is 0.286 e. The zero-order valence-corrected chi connectivity index (χ0v) is 12.9. The fourth-order valence-corrected chi connectivity index (χ4v) is 2.96. The Bertz CT molecular complexity index is 735. The van der Waals surface area contributed by atoms with Gasteiger partial charge >= 0.3 is 0 Å². The minimum atomic E-state index is -0.489. The molecule has 3 heterocycles. The lowest BCUT2D eigenvalue weighted by Gasteiger charge is -2.29. The monoisotopic (exact) mass is 303 g/mol. The van der Waals surface area contributed by atoms with E-state index in [0.717, 1.165) is 38.2 Å². The van der Waals surface area contributed by atoms with Gasteiger partial charge in [0.2, 0.25) is 0 Å². The average molecular weight is 303 g/mol. The third-order valence-electron chi connectivity index (χ3n) is 4.38. The molecular weight excluding hydrogens is 282 g/mol. The van der Waals surface area contributed by atoms with Gasteiger partial charge in [0.25, 0.3) is 5.56 Å². The highest BCUT2D eigenvalue weighted by molar-refractivity contribution is 5.90. The molecule has 3 rings (SSSR count). The second kappa shape index (κ2) is 5.92. The molecule has 7 nitrogen and oxygen atoms in total. The maximum Gasteiger partial charge on any atom is 0.286 e.